The molecule has 3 heterocycles. The molecule has 0 aliphatic carbocycles. The summed E-state index contributed by atoms with van der Waals surface area (Å²) < 4.78 is 6.43. The van der Waals surface area contributed by atoms with Gasteiger partial charge in [0.1, 0.15) is 11.2 Å². The van der Waals surface area contributed by atoms with Crippen LogP contribution >= 0.6 is 0 Å². The third-order valence-electron chi connectivity index (χ3n) is 9.78. The molecule has 0 aliphatic heterocycles. The van der Waals surface area contributed by atoms with Gasteiger partial charge in [0.2, 0.25) is 0 Å². The maximum Gasteiger partial charge on any atom is 0.164 e. The first-order valence-corrected chi connectivity index (χ1v) is 18.2. The molecule has 0 saturated carbocycles. The van der Waals surface area contributed by atoms with E-state index in [1.807, 2.05) is 115 Å². The highest BCUT2D eigenvalue weighted by molar-refractivity contribution is 6.08. The second-order valence-electron chi connectivity index (χ2n) is 13.3. The third-order valence-corrected chi connectivity index (χ3v) is 9.78. The lowest BCUT2D eigenvalue weighted by molar-refractivity contribution is 0.669. The molecule has 0 radical (unpaired) electrons. The monoisotopic (exact) mass is 705 g/mol. The van der Waals surface area contributed by atoms with E-state index in [-0.39, 0.29) is 0 Å². The number of aromatic nitrogens is 5. The van der Waals surface area contributed by atoms with Crippen LogP contribution in [-0.4, -0.2) is 24.9 Å². The number of rotatable bonds is 7. The van der Waals surface area contributed by atoms with Gasteiger partial charge >= 0.3 is 0 Å². The van der Waals surface area contributed by atoms with Crippen LogP contribution in [0.5, 0.6) is 0 Å². The lowest BCUT2D eigenvalue weighted by atomic mass is 9.95. The Hall–Kier alpha value is -7.57. The SMILES string of the molecule is c1ccc(-c2cc(-c3ccccc3)nc(-c3cc4oc5ccccc5c4cc3-c3ccc(-c4nc(-c5ccccc5)nc(-c5ccccc5)n4)cc3)n2)cc1. The average Bonchev–Trinajstić information content (AvgIpc) is 3.64. The summed E-state index contributed by atoms with van der Waals surface area (Å²) in [4.78, 5) is 25.2. The van der Waals surface area contributed by atoms with Crippen molar-refractivity contribution in [3.63, 3.8) is 0 Å². The van der Waals surface area contributed by atoms with Crippen molar-refractivity contribution in [3.05, 3.63) is 188 Å². The first kappa shape index (κ1) is 32.1. The summed E-state index contributed by atoms with van der Waals surface area (Å²) in [5.41, 5.74) is 10.9. The summed E-state index contributed by atoms with van der Waals surface area (Å²) in [7, 11) is 0. The number of fused-ring (bicyclic) bond motifs is 3. The summed E-state index contributed by atoms with van der Waals surface area (Å²) in [5, 5.41) is 2.08. The smallest absolute Gasteiger partial charge is 0.164 e. The Kier molecular flexibility index (Phi) is 8.04. The van der Waals surface area contributed by atoms with Crippen LogP contribution in [0.15, 0.2) is 192 Å². The molecule has 0 atom stereocenters. The van der Waals surface area contributed by atoms with Crippen LogP contribution in [-0.2, 0) is 0 Å². The van der Waals surface area contributed by atoms with Gasteiger partial charge < -0.3 is 4.42 Å². The largest absolute Gasteiger partial charge is 0.456 e. The highest BCUT2D eigenvalue weighted by Gasteiger charge is 2.19. The molecule has 10 rings (SSSR count). The van der Waals surface area contributed by atoms with Crippen molar-refractivity contribution in [1.29, 1.82) is 0 Å². The van der Waals surface area contributed by atoms with Crippen LogP contribution in [0.2, 0.25) is 0 Å². The number of para-hydroxylation sites is 1. The fourth-order valence-electron chi connectivity index (χ4n) is 7.01. The Bertz CT molecular complexity index is 2830. The van der Waals surface area contributed by atoms with Crippen molar-refractivity contribution < 1.29 is 4.42 Å². The number of furan rings is 1. The second-order valence-corrected chi connectivity index (χ2v) is 13.3. The van der Waals surface area contributed by atoms with E-state index in [9.17, 15) is 0 Å². The quantitative estimate of drug-likeness (QED) is 0.164. The van der Waals surface area contributed by atoms with E-state index in [1.54, 1.807) is 0 Å². The number of hydrogen-bond donors (Lipinski definition) is 0. The van der Waals surface area contributed by atoms with Crippen molar-refractivity contribution in [2.75, 3.05) is 0 Å². The topological polar surface area (TPSA) is 77.6 Å². The fraction of sp³-hybridized carbons (Fsp3) is 0. The minimum absolute atomic E-state index is 0.599. The molecule has 0 spiro atoms. The van der Waals surface area contributed by atoms with Gasteiger partial charge in [0.25, 0.3) is 0 Å². The van der Waals surface area contributed by atoms with E-state index in [0.29, 0.717) is 23.3 Å². The van der Waals surface area contributed by atoms with Gasteiger partial charge in [0.15, 0.2) is 23.3 Å². The molecule has 6 nitrogen and oxygen atoms in total. The average molecular weight is 706 g/mol. The predicted molar refractivity (Wildman–Crippen MR) is 221 cm³/mol. The van der Waals surface area contributed by atoms with Gasteiger partial charge in [0, 0.05) is 44.2 Å². The molecule has 0 saturated heterocycles. The maximum atomic E-state index is 6.43. The molecule has 0 unspecified atom stereocenters. The lowest BCUT2D eigenvalue weighted by Crippen LogP contribution is -2.00. The van der Waals surface area contributed by atoms with E-state index in [0.717, 1.165) is 77.8 Å². The van der Waals surface area contributed by atoms with Crippen LogP contribution in [0, 0.1) is 0 Å². The molecule has 3 aromatic heterocycles. The first-order chi connectivity index (χ1) is 27.2. The molecule has 0 fully saturated rings. The van der Waals surface area contributed by atoms with Gasteiger partial charge in [0.05, 0.1) is 11.4 Å². The zero-order chi connectivity index (χ0) is 36.6. The zero-order valence-corrected chi connectivity index (χ0v) is 29.5. The van der Waals surface area contributed by atoms with E-state index in [4.69, 9.17) is 29.3 Å². The summed E-state index contributed by atoms with van der Waals surface area (Å²) in [6, 6.07) is 63.4. The Morgan fingerprint density at radius 3 is 1.24 bits per heavy atom. The molecule has 6 heteroatoms. The number of nitrogens with zero attached hydrogens (tertiary/aromatic N) is 5. The molecule has 258 valence electrons. The van der Waals surface area contributed by atoms with Crippen LogP contribution in [0.25, 0.3) is 101 Å². The summed E-state index contributed by atoms with van der Waals surface area (Å²) in [6.45, 7) is 0. The van der Waals surface area contributed by atoms with Crippen LogP contribution in [0.3, 0.4) is 0 Å². The van der Waals surface area contributed by atoms with E-state index >= 15 is 0 Å². The van der Waals surface area contributed by atoms with Gasteiger partial charge in [-0.3, -0.25) is 0 Å². The fourth-order valence-corrected chi connectivity index (χ4v) is 7.01. The number of benzene rings is 7. The van der Waals surface area contributed by atoms with Gasteiger partial charge in [-0.15, -0.1) is 0 Å². The van der Waals surface area contributed by atoms with Gasteiger partial charge in [-0.2, -0.15) is 0 Å². The first-order valence-electron chi connectivity index (χ1n) is 18.2. The van der Waals surface area contributed by atoms with Crippen molar-refractivity contribution in [2.45, 2.75) is 0 Å². The second kappa shape index (κ2) is 13.8. The zero-order valence-electron chi connectivity index (χ0n) is 29.5. The molecule has 10 aromatic rings. The normalized spacial score (nSPS) is 11.3. The molecule has 0 bridgehead atoms. The third kappa shape index (κ3) is 6.22. The maximum absolute atomic E-state index is 6.43. The standard InChI is InChI=1S/C49H31N5O/c1-5-15-33(16-6-1)42-31-43(34-17-7-2-8-18-34)51-49(50-42)41-30-45-40(38-23-13-14-24-44(38)55-45)29-39(41)32-25-27-37(28-26-32)48-53-46(35-19-9-3-10-20-35)52-47(54-48)36-21-11-4-12-22-36/h1-31H. The lowest BCUT2D eigenvalue weighted by Gasteiger charge is -2.14. The van der Waals surface area contributed by atoms with Crippen molar-refractivity contribution in [1.82, 2.24) is 24.9 Å². The highest BCUT2D eigenvalue weighted by atomic mass is 16.3. The summed E-state index contributed by atoms with van der Waals surface area (Å²) in [6.07, 6.45) is 0. The van der Waals surface area contributed by atoms with Crippen LogP contribution in [0.4, 0.5) is 0 Å². The van der Waals surface area contributed by atoms with Gasteiger partial charge in [-0.25, -0.2) is 24.9 Å². The minimum Gasteiger partial charge on any atom is -0.456 e. The molecule has 0 aliphatic rings. The summed E-state index contributed by atoms with van der Waals surface area (Å²) in [5.74, 6) is 2.46. The van der Waals surface area contributed by atoms with Crippen LogP contribution < -0.4 is 0 Å². The molecule has 0 amide bonds. The predicted octanol–water partition coefficient (Wildman–Crippen LogP) is 12.2. The van der Waals surface area contributed by atoms with Crippen molar-refractivity contribution >= 4 is 21.9 Å². The number of hydrogen-bond acceptors (Lipinski definition) is 6. The molecular formula is C49H31N5O. The van der Waals surface area contributed by atoms with E-state index in [2.05, 4.69) is 72.8 Å². The van der Waals surface area contributed by atoms with Crippen LogP contribution in [0.1, 0.15) is 0 Å². The Morgan fingerprint density at radius 1 is 0.273 bits per heavy atom. The van der Waals surface area contributed by atoms with Gasteiger partial charge in [-0.1, -0.05) is 164 Å². The minimum atomic E-state index is 0.599. The van der Waals surface area contributed by atoms with E-state index in [1.165, 1.54) is 0 Å². The van der Waals surface area contributed by atoms with Crippen molar-refractivity contribution in [3.8, 4) is 79.2 Å². The Balaban J connectivity index is 1.15. The Morgan fingerprint density at radius 2 is 0.709 bits per heavy atom. The Labute approximate surface area is 317 Å². The van der Waals surface area contributed by atoms with E-state index < -0.39 is 0 Å². The van der Waals surface area contributed by atoms with Crippen molar-refractivity contribution in [2.24, 2.45) is 0 Å². The molecule has 7 aromatic carbocycles. The molecule has 0 N–H and O–H groups in total. The summed E-state index contributed by atoms with van der Waals surface area (Å²) >= 11 is 0. The molecule has 55 heavy (non-hydrogen) atoms. The molecular weight excluding hydrogens is 675 g/mol. The highest BCUT2D eigenvalue weighted by Crippen LogP contribution is 2.40. The van der Waals surface area contributed by atoms with Gasteiger partial charge in [-0.05, 0) is 35.4 Å².